The molecule has 8 heteroatoms. The van der Waals surface area contributed by atoms with Crippen molar-refractivity contribution in [3.63, 3.8) is 0 Å². The molecule has 1 aromatic carbocycles. The Morgan fingerprint density at radius 2 is 2.13 bits per heavy atom. The van der Waals surface area contributed by atoms with Gasteiger partial charge in [0.1, 0.15) is 0 Å². The highest BCUT2D eigenvalue weighted by atomic mass is 35.5. The zero-order chi connectivity index (χ0) is 16.3. The van der Waals surface area contributed by atoms with E-state index in [9.17, 15) is 13.2 Å². The molecule has 1 aliphatic heterocycles. The van der Waals surface area contributed by atoms with E-state index in [-0.39, 0.29) is 28.8 Å². The van der Waals surface area contributed by atoms with E-state index >= 15 is 0 Å². The van der Waals surface area contributed by atoms with Gasteiger partial charge >= 0.3 is 5.97 Å². The molecule has 23 heavy (non-hydrogen) atoms. The third-order valence-corrected chi connectivity index (χ3v) is 6.05. The van der Waals surface area contributed by atoms with Crippen LogP contribution in [-0.2, 0) is 14.8 Å². The number of carbonyl (C=O) groups excluding carboxylic acids is 1. The van der Waals surface area contributed by atoms with Crippen LogP contribution >= 0.6 is 12.4 Å². The summed E-state index contributed by atoms with van der Waals surface area (Å²) in [6.07, 6.45) is 1.75. The summed E-state index contributed by atoms with van der Waals surface area (Å²) in [7, 11) is -2.36. The van der Waals surface area contributed by atoms with Crippen molar-refractivity contribution in [2.24, 2.45) is 11.7 Å². The number of rotatable bonds is 4. The van der Waals surface area contributed by atoms with E-state index in [4.69, 9.17) is 5.73 Å². The van der Waals surface area contributed by atoms with Gasteiger partial charge in [0.25, 0.3) is 0 Å². The van der Waals surface area contributed by atoms with E-state index in [1.165, 1.54) is 17.5 Å². The highest BCUT2D eigenvalue weighted by Gasteiger charge is 2.31. The molecule has 2 rings (SSSR count). The van der Waals surface area contributed by atoms with Crippen molar-refractivity contribution in [1.29, 1.82) is 0 Å². The molecule has 2 N–H and O–H groups in total. The molecule has 6 nitrogen and oxygen atoms in total. The number of hydrogen-bond acceptors (Lipinski definition) is 5. The van der Waals surface area contributed by atoms with Crippen LogP contribution in [0.1, 0.15) is 28.8 Å². The van der Waals surface area contributed by atoms with E-state index in [0.29, 0.717) is 25.2 Å². The highest BCUT2D eigenvalue weighted by Crippen LogP contribution is 2.26. The first-order chi connectivity index (χ1) is 10.4. The summed E-state index contributed by atoms with van der Waals surface area (Å²) in [6.45, 7) is 3.12. The van der Waals surface area contributed by atoms with Crippen LogP contribution in [0.25, 0.3) is 0 Å². The number of nitrogens with zero attached hydrogens (tertiary/aromatic N) is 1. The fourth-order valence-corrected chi connectivity index (χ4v) is 4.50. The van der Waals surface area contributed by atoms with Crippen LogP contribution in [0.5, 0.6) is 0 Å². The predicted octanol–water partition coefficient (Wildman–Crippen LogP) is 1.56. The van der Waals surface area contributed by atoms with Crippen molar-refractivity contribution in [3.05, 3.63) is 29.3 Å². The van der Waals surface area contributed by atoms with E-state index in [2.05, 4.69) is 4.74 Å². The van der Waals surface area contributed by atoms with Crippen LogP contribution in [0.2, 0.25) is 0 Å². The first kappa shape index (κ1) is 19.9. The minimum Gasteiger partial charge on any atom is -0.465 e. The Kier molecular flexibility index (Phi) is 7.01. The average molecular weight is 363 g/mol. The monoisotopic (exact) mass is 362 g/mol. The van der Waals surface area contributed by atoms with Crippen LogP contribution in [0.4, 0.5) is 0 Å². The van der Waals surface area contributed by atoms with Gasteiger partial charge < -0.3 is 10.5 Å². The Hall–Kier alpha value is -1.15. The van der Waals surface area contributed by atoms with Gasteiger partial charge in [-0.1, -0.05) is 6.07 Å². The molecule has 130 valence electrons. The van der Waals surface area contributed by atoms with Crippen molar-refractivity contribution in [1.82, 2.24) is 4.31 Å². The number of piperidine rings is 1. The SMILES string of the molecule is COC(=O)c1ccc(C)c(S(=O)(=O)N2CCCC(CN)C2)c1.Cl. The second-order valence-electron chi connectivity index (χ2n) is 5.58. The van der Waals surface area contributed by atoms with Gasteiger partial charge in [-0.3, -0.25) is 0 Å². The number of halogens is 1. The number of nitrogens with two attached hydrogens (primary N) is 1. The number of ether oxygens (including phenoxy) is 1. The number of aryl methyl sites for hydroxylation is 1. The quantitative estimate of drug-likeness (QED) is 0.821. The van der Waals surface area contributed by atoms with Gasteiger partial charge in [0, 0.05) is 13.1 Å². The Morgan fingerprint density at radius 3 is 2.74 bits per heavy atom. The molecule has 0 aliphatic carbocycles. The second kappa shape index (κ2) is 8.10. The normalized spacial score (nSPS) is 19.0. The molecule has 0 amide bonds. The Morgan fingerprint density at radius 1 is 1.43 bits per heavy atom. The van der Waals surface area contributed by atoms with Gasteiger partial charge in [0.15, 0.2) is 0 Å². The molecule has 0 spiro atoms. The third kappa shape index (κ3) is 4.23. The molecule has 1 aromatic rings. The smallest absolute Gasteiger partial charge is 0.337 e. The van der Waals surface area contributed by atoms with Crippen molar-refractivity contribution in [2.75, 3.05) is 26.7 Å². The van der Waals surface area contributed by atoms with Crippen LogP contribution in [0.15, 0.2) is 23.1 Å². The van der Waals surface area contributed by atoms with Crippen LogP contribution < -0.4 is 5.73 Å². The highest BCUT2D eigenvalue weighted by molar-refractivity contribution is 7.89. The van der Waals surface area contributed by atoms with Gasteiger partial charge in [0.05, 0.1) is 17.6 Å². The van der Waals surface area contributed by atoms with Crippen LogP contribution in [-0.4, -0.2) is 45.4 Å². The molecule has 0 bridgehead atoms. The lowest BCUT2D eigenvalue weighted by molar-refractivity contribution is 0.0600. The lowest BCUT2D eigenvalue weighted by Crippen LogP contribution is -2.42. The first-order valence-corrected chi connectivity index (χ1v) is 8.73. The lowest BCUT2D eigenvalue weighted by atomic mass is 10.0. The summed E-state index contributed by atoms with van der Waals surface area (Å²) < 4.78 is 31.9. The third-order valence-electron chi connectivity index (χ3n) is 4.04. The summed E-state index contributed by atoms with van der Waals surface area (Å²) in [5.74, 6) is -0.359. The number of methoxy groups -OCH3 is 1. The average Bonchev–Trinajstić information content (AvgIpc) is 2.54. The maximum absolute atomic E-state index is 12.9. The van der Waals surface area contributed by atoms with E-state index < -0.39 is 16.0 Å². The number of benzene rings is 1. The standard InChI is InChI=1S/C15H22N2O4S.ClH/c1-11-5-6-13(15(18)21-2)8-14(11)22(19,20)17-7-3-4-12(9-16)10-17;/h5-6,8,12H,3-4,7,9-10,16H2,1-2H3;1H. The number of hydrogen-bond donors (Lipinski definition) is 1. The van der Waals surface area contributed by atoms with Gasteiger partial charge in [-0.25, -0.2) is 13.2 Å². The second-order valence-corrected chi connectivity index (χ2v) is 7.49. The molecular formula is C15H23ClN2O4S. The van der Waals surface area contributed by atoms with E-state index in [1.807, 2.05) is 0 Å². The number of esters is 1. The Labute approximate surface area is 143 Å². The van der Waals surface area contributed by atoms with E-state index in [1.54, 1.807) is 19.1 Å². The summed E-state index contributed by atoms with van der Waals surface area (Å²) >= 11 is 0. The minimum atomic E-state index is -3.63. The van der Waals surface area contributed by atoms with Crippen molar-refractivity contribution < 1.29 is 17.9 Å². The molecule has 1 saturated heterocycles. The summed E-state index contributed by atoms with van der Waals surface area (Å²) in [4.78, 5) is 11.8. The molecule has 0 radical (unpaired) electrons. The molecule has 1 unspecified atom stereocenters. The molecular weight excluding hydrogens is 340 g/mol. The molecule has 0 aromatic heterocycles. The van der Waals surface area contributed by atoms with Gasteiger partial charge in [0.2, 0.25) is 10.0 Å². The molecule has 1 fully saturated rings. The Bertz CT molecular complexity index is 663. The fraction of sp³-hybridized carbons (Fsp3) is 0.533. The fourth-order valence-electron chi connectivity index (χ4n) is 2.70. The van der Waals surface area contributed by atoms with Crippen molar-refractivity contribution >= 4 is 28.4 Å². The van der Waals surface area contributed by atoms with Crippen molar-refractivity contribution in [3.8, 4) is 0 Å². The zero-order valence-corrected chi connectivity index (χ0v) is 15.0. The largest absolute Gasteiger partial charge is 0.465 e. The van der Waals surface area contributed by atoms with Gasteiger partial charge in [-0.05, 0) is 49.9 Å². The molecule has 1 atom stereocenters. The van der Waals surface area contributed by atoms with E-state index in [0.717, 1.165) is 12.8 Å². The maximum atomic E-state index is 12.9. The maximum Gasteiger partial charge on any atom is 0.337 e. The van der Waals surface area contributed by atoms with Gasteiger partial charge in [-0.2, -0.15) is 4.31 Å². The Balaban J connectivity index is 0.00000264. The summed E-state index contributed by atoms with van der Waals surface area (Å²) in [5, 5.41) is 0. The first-order valence-electron chi connectivity index (χ1n) is 7.29. The minimum absolute atomic E-state index is 0. The number of carbonyl (C=O) groups is 1. The zero-order valence-electron chi connectivity index (χ0n) is 13.3. The molecule has 1 heterocycles. The lowest BCUT2D eigenvalue weighted by Gasteiger charge is -2.31. The van der Waals surface area contributed by atoms with Crippen LogP contribution in [0.3, 0.4) is 0 Å². The predicted molar refractivity (Wildman–Crippen MR) is 90.3 cm³/mol. The topological polar surface area (TPSA) is 89.7 Å². The van der Waals surface area contributed by atoms with Gasteiger partial charge in [-0.15, -0.1) is 12.4 Å². The van der Waals surface area contributed by atoms with Crippen molar-refractivity contribution in [2.45, 2.75) is 24.7 Å². The summed E-state index contributed by atoms with van der Waals surface area (Å²) in [6, 6.07) is 4.59. The molecule has 0 saturated carbocycles. The number of sulfonamides is 1. The van der Waals surface area contributed by atoms with Crippen LogP contribution in [0, 0.1) is 12.8 Å². The molecule has 1 aliphatic rings. The summed E-state index contributed by atoms with van der Waals surface area (Å²) in [5.41, 5.74) is 6.53.